The molecular weight excluding hydrogens is 313 g/mol. The summed E-state index contributed by atoms with van der Waals surface area (Å²) in [4.78, 5) is 12.7. The average Bonchev–Trinajstić information content (AvgIpc) is 2.38. The van der Waals surface area contributed by atoms with E-state index in [2.05, 4.69) is 4.98 Å². The number of aromatic nitrogens is 1. The van der Waals surface area contributed by atoms with Crippen LogP contribution in [-0.4, -0.2) is 16.0 Å². The molecule has 0 radical (unpaired) electrons. The van der Waals surface area contributed by atoms with Crippen LogP contribution in [0.2, 0.25) is 5.02 Å². The van der Waals surface area contributed by atoms with E-state index in [-0.39, 0.29) is 11.1 Å². The summed E-state index contributed by atoms with van der Waals surface area (Å²) in [5, 5.41) is 10.4. The van der Waals surface area contributed by atoms with Gasteiger partial charge in [0.25, 0.3) is 0 Å². The largest absolute Gasteiger partial charge is 0.473 e. The molecule has 0 spiro atoms. The SMILES string of the molecule is CCCC(CC)Oc1nc(C(F)(F)F)c([N+](=O)[O-])cc1Cl. The quantitative estimate of drug-likeness (QED) is 0.565. The van der Waals surface area contributed by atoms with Crippen molar-refractivity contribution < 1.29 is 22.8 Å². The van der Waals surface area contributed by atoms with Crippen LogP contribution < -0.4 is 4.74 Å². The number of ether oxygens (including phenoxy) is 1. The summed E-state index contributed by atoms with van der Waals surface area (Å²) < 4.78 is 43.8. The van der Waals surface area contributed by atoms with E-state index in [4.69, 9.17) is 16.3 Å². The van der Waals surface area contributed by atoms with Crippen LogP contribution in [0.1, 0.15) is 38.8 Å². The second kappa shape index (κ2) is 6.93. The fourth-order valence-electron chi connectivity index (χ4n) is 1.72. The van der Waals surface area contributed by atoms with Crippen LogP contribution >= 0.6 is 11.6 Å². The van der Waals surface area contributed by atoms with Gasteiger partial charge in [-0.3, -0.25) is 10.1 Å². The minimum atomic E-state index is -4.96. The van der Waals surface area contributed by atoms with Crippen LogP contribution in [0.25, 0.3) is 0 Å². The van der Waals surface area contributed by atoms with Gasteiger partial charge in [0.05, 0.1) is 4.92 Å². The van der Waals surface area contributed by atoms with Crippen molar-refractivity contribution in [3.05, 3.63) is 26.9 Å². The van der Waals surface area contributed by atoms with Gasteiger partial charge in [-0.15, -0.1) is 0 Å². The minimum Gasteiger partial charge on any atom is -0.473 e. The summed E-state index contributed by atoms with van der Waals surface area (Å²) in [6.07, 6.45) is -3.35. The first-order valence-electron chi connectivity index (χ1n) is 6.29. The van der Waals surface area contributed by atoms with E-state index in [0.717, 1.165) is 6.42 Å². The first-order chi connectivity index (χ1) is 9.70. The van der Waals surface area contributed by atoms with Crippen LogP contribution in [-0.2, 0) is 6.18 Å². The van der Waals surface area contributed by atoms with Gasteiger partial charge in [0.15, 0.2) is 0 Å². The molecular formula is C12H14ClF3N2O3. The number of pyridine rings is 1. The topological polar surface area (TPSA) is 65.3 Å². The molecule has 0 saturated heterocycles. The Morgan fingerprint density at radius 1 is 1.48 bits per heavy atom. The van der Waals surface area contributed by atoms with Crippen LogP contribution in [0.15, 0.2) is 6.07 Å². The first kappa shape index (κ1) is 17.5. The molecule has 5 nitrogen and oxygen atoms in total. The molecule has 0 bridgehead atoms. The number of halogens is 4. The van der Waals surface area contributed by atoms with Gasteiger partial charge in [0, 0.05) is 6.07 Å². The van der Waals surface area contributed by atoms with E-state index in [9.17, 15) is 23.3 Å². The Balaban J connectivity index is 3.26. The highest BCUT2D eigenvalue weighted by atomic mass is 35.5. The Labute approximate surface area is 124 Å². The zero-order chi connectivity index (χ0) is 16.2. The van der Waals surface area contributed by atoms with Crippen LogP contribution in [0.3, 0.4) is 0 Å². The zero-order valence-electron chi connectivity index (χ0n) is 11.4. The van der Waals surface area contributed by atoms with E-state index >= 15 is 0 Å². The molecule has 0 aromatic carbocycles. The second-order valence-corrected chi connectivity index (χ2v) is 4.74. The Bertz CT molecular complexity index is 523. The Morgan fingerprint density at radius 2 is 2.10 bits per heavy atom. The summed E-state index contributed by atoms with van der Waals surface area (Å²) in [5.41, 5.74) is -2.80. The Morgan fingerprint density at radius 3 is 2.52 bits per heavy atom. The number of hydrogen-bond donors (Lipinski definition) is 0. The molecule has 21 heavy (non-hydrogen) atoms. The van der Waals surface area contributed by atoms with Crippen molar-refractivity contribution in [2.24, 2.45) is 0 Å². The first-order valence-corrected chi connectivity index (χ1v) is 6.67. The molecule has 1 aromatic heterocycles. The summed E-state index contributed by atoms with van der Waals surface area (Å²) in [7, 11) is 0. The van der Waals surface area contributed by atoms with Crippen LogP contribution in [0.5, 0.6) is 5.88 Å². The third kappa shape index (κ3) is 4.45. The maximum Gasteiger partial charge on any atom is 0.440 e. The molecule has 0 N–H and O–H groups in total. The maximum absolute atomic E-state index is 12.8. The van der Waals surface area contributed by atoms with E-state index in [0.29, 0.717) is 18.9 Å². The molecule has 118 valence electrons. The molecule has 9 heteroatoms. The van der Waals surface area contributed by atoms with Gasteiger partial charge in [-0.05, 0) is 12.8 Å². The minimum absolute atomic E-state index is 0.316. The zero-order valence-corrected chi connectivity index (χ0v) is 12.2. The molecule has 1 atom stereocenters. The van der Waals surface area contributed by atoms with Gasteiger partial charge < -0.3 is 4.74 Å². The highest BCUT2D eigenvalue weighted by Gasteiger charge is 2.41. The molecule has 0 aliphatic rings. The lowest BCUT2D eigenvalue weighted by atomic mass is 10.1. The predicted octanol–water partition coefficient (Wildman–Crippen LogP) is 4.62. The fourth-order valence-corrected chi connectivity index (χ4v) is 1.91. The van der Waals surface area contributed by atoms with Crippen molar-refractivity contribution in [1.82, 2.24) is 4.98 Å². The standard InChI is InChI=1S/C12H14ClF3N2O3/c1-3-5-7(4-2)21-11-8(13)6-9(18(19)20)10(17-11)12(14,15)16/h6-7H,3-5H2,1-2H3. The Kier molecular flexibility index (Phi) is 5.77. The molecule has 1 rings (SSSR count). The molecule has 0 aliphatic heterocycles. The monoisotopic (exact) mass is 326 g/mol. The summed E-state index contributed by atoms with van der Waals surface area (Å²) in [6.45, 7) is 3.71. The van der Waals surface area contributed by atoms with Gasteiger partial charge >= 0.3 is 11.9 Å². The van der Waals surface area contributed by atoms with Crippen LogP contribution in [0, 0.1) is 10.1 Å². The lowest BCUT2D eigenvalue weighted by molar-refractivity contribution is -0.388. The molecule has 1 aromatic rings. The number of rotatable bonds is 6. The van der Waals surface area contributed by atoms with Gasteiger partial charge in [-0.25, -0.2) is 4.98 Å². The van der Waals surface area contributed by atoms with Gasteiger partial charge in [0.2, 0.25) is 11.6 Å². The van der Waals surface area contributed by atoms with E-state index in [1.54, 1.807) is 0 Å². The normalized spacial score (nSPS) is 13.0. The second-order valence-electron chi connectivity index (χ2n) is 4.33. The van der Waals surface area contributed by atoms with E-state index in [1.165, 1.54) is 0 Å². The number of hydrogen-bond acceptors (Lipinski definition) is 4. The van der Waals surface area contributed by atoms with Gasteiger partial charge in [-0.1, -0.05) is 31.9 Å². The number of nitro groups is 1. The molecule has 0 amide bonds. The maximum atomic E-state index is 12.8. The fraction of sp³-hybridized carbons (Fsp3) is 0.583. The number of nitrogens with zero attached hydrogens (tertiary/aromatic N) is 2. The van der Waals surface area contributed by atoms with Gasteiger partial charge in [-0.2, -0.15) is 13.2 Å². The molecule has 1 unspecified atom stereocenters. The van der Waals surface area contributed by atoms with Crippen molar-refractivity contribution in [3.8, 4) is 5.88 Å². The molecule has 1 heterocycles. The highest BCUT2D eigenvalue weighted by Crippen LogP contribution is 2.39. The summed E-state index contributed by atoms with van der Waals surface area (Å²) in [6, 6.07) is 0.616. The predicted molar refractivity (Wildman–Crippen MR) is 70.5 cm³/mol. The van der Waals surface area contributed by atoms with Crippen molar-refractivity contribution in [2.45, 2.75) is 45.4 Å². The van der Waals surface area contributed by atoms with Crippen molar-refractivity contribution in [3.63, 3.8) is 0 Å². The molecule has 0 fully saturated rings. The summed E-state index contributed by atoms with van der Waals surface area (Å²) >= 11 is 5.74. The van der Waals surface area contributed by atoms with E-state index < -0.39 is 28.4 Å². The smallest absolute Gasteiger partial charge is 0.440 e. The highest BCUT2D eigenvalue weighted by molar-refractivity contribution is 6.32. The summed E-state index contributed by atoms with van der Waals surface area (Å²) in [5.74, 6) is -0.435. The van der Waals surface area contributed by atoms with E-state index in [1.807, 2.05) is 13.8 Å². The number of alkyl halides is 3. The molecule has 0 saturated carbocycles. The molecule has 0 aliphatic carbocycles. The van der Waals surface area contributed by atoms with Crippen molar-refractivity contribution in [1.29, 1.82) is 0 Å². The third-order valence-electron chi connectivity index (χ3n) is 2.73. The lowest BCUT2D eigenvalue weighted by Crippen LogP contribution is -2.18. The average molecular weight is 327 g/mol. The Hall–Kier alpha value is -1.57. The van der Waals surface area contributed by atoms with Crippen LogP contribution in [0.4, 0.5) is 18.9 Å². The third-order valence-corrected chi connectivity index (χ3v) is 3.00. The lowest BCUT2D eigenvalue weighted by Gasteiger charge is -2.17. The van der Waals surface area contributed by atoms with Crippen molar-refractivity contribution in [2.75, 3.05) is 0 Å². The van der Waals surface area contributed by atoms with Crippen molar-refractivity contribution >= 4 is 17.3 Å². The van der Waals surface area contributed by atoms with Gasteiger partial charge in [0.1, 0.15) is 11.1 Å².